The summed E-state index contributed by atoms with van der Waals surface area (Å²) in [6.45, 7) is 6.48. The SMILES string of the molecule is CCC1CNCCC1N.CCOC(=O)Cl. The maximum Gasteiger partial charge on any atom is 0.403 e. The van der Waals surface area contributed by atoms with Crippen molar-refractivity contribution in [3.8, 4) is 0 Å². The Kier molecular flexibility index (Phi) is 8.76. The second-order valence-corrected chi connectivity index (χ2v) is 3.80. The Bertz CT molecular complexity index is 179. The molecule has 0 radical (unpaired) electrons. The topological polar surface area (TPSA) is 64.3 Å². The molecule has 0 amide bonds. The fourth-order valence-electron chi connectivity index (χ4n) is 1.50. The molecule has 1 aliphatic heterocycles. The van der Waals surface area contributed by atoms with E-state index in [1.54, 1.807) is 6.92 Å². The Morgan fingerprint density at radius 2 is 2.27 bits per heavy atom. The van der Waals surface area contributed by atoms with Gasteiger partial charge in [-0.25, -0.2) is 4.79 Å². The van der Waals surface area contributed by atoms with Crippen molar-refractivity contribution in [1.29, 1.82) is 0 Å². The summed E-state index contributed by atoms with van der Waals surface area (Å²) in [6, 6.07) is 0.455. The summed E-state index contributed by atoms with van der Waals surface area (Å²) in [5.41, 5.74) is 5.11. The molecule has 90 valence electrons. The van der Waals surface area contributed by atoms with Crippen molar-refractivity contribution < 1.29 is 9.53 Å². The number of carbonyl (C=O) groups is 1. The molecule has 0 bridgehead atoms. The molecule has 0 aromatic rings. The van der Waals surface area contributed by atoms with Crippen molar-refractivity contribution in [1.82, 2.24) is 5.32 Å². The minimum absolute atomic E-state index is 0.350. The minimum atomic E-state index is -0.738. The molecule has 0 aliphatic carbocycles. The smallest absolute Gasteiger partial charge is 0.403 e. The molecule has 0 saturated carbocycles. The predicted octanol–water partition coefficient (Wildman–Crippen LogP) is 1.71. The van der Waals surface area contributed by atoms with Gasteiger partial charge >= 0.3 is 5.43 Å². The summed E-state index contributed by atoms with van der Waals surface area (Å²) in [5, 5.41) is 3.34. The zero-order valence-corrected chi connectivity index (χ0v) is 10.2. The van der Waals surface area contributed by atoms with E-state index < -0.39 is 5.43 Å². The van der Waals surface area contributed by atoms with Crippen LogP contribution in [-0.2, 0) is 4.74 Å². The first-order valence-corrected chi connectivity index (χ1v) is 5.78. The Balaban J connectivity index is 0.000000288. The van der Waals surface area contributed by atoms with Gasteiger partial charge in [-0.1, -0.05) is 13.3 Å². The van der Waals surface area contributed by atoms with Crippen LogP contribution in [0.3, 0.4) is 0 Å². The van der Waals surface area contributed by atoms with Gasteiger partial charge in [-0.3, -0.25) is 0 Å². The third-order valence-corrected chi connectivity index (χ3v) is 2.56. The van der Waals surface area contributed by atoms with E-state index in [4.69, 9.17) is 17.3 Å². The van der Waals surface area contributed by atoms with Gasteiger partial charge in [0.15, 0.2) is 0 Å². The predicted molar refractivity (Wildman–Crippen MR) is 62.1 cm³/mol. The summed E-state index contributed by atoms with van der Waals surface area (Å²) >= 11 is 4.72. The van der Waals surface area contributed by atoms with Crippen molar-refractivity contribution in [2.45, 2.75) is 32.7 Å². The summed E-state index contributed by atoms with van der Waals surface area (Å²) in [4.78, 5) is 9.59. The number of rotatable bonds is 2. The molecular formula is C10H21ClN2O2. The molecule has 0 spiro atoms. The molecule has 4 nitrogen and oxygen atoms in total. The zero-order chi connectivity index (χ0) is 11.7. The van der Waals surface area contributed by atoms with E-state index in [2.05, 4.69) is 17.0 Å². The lowest BCUT2D eigenvalue weighted by molar-refractivity contribution is 0.180. The first kappa shape index (κ1) is 14.7. The van der Waals surface area contributed by atoms with Gasteiger partial charge in [0.2, 0.25) is 0 Å². The normalized spacial score (nSPS) is 25.1. The fourth-order valence-corrected chi connectivity index (χ4v) is 1.61. The standard InChI is InChI=1S/C7H16N2.C3H5ClO2/c1-2-6-5-9-4-3-7(6)8;1-2-6-3(4)5/h6-7,9H,2-5,8H2,1H3;2H2,1H3. The maximum atomic E-state index is 9.59. The fraction of sp³-hybridized carbons (Fsp3) is 0.900. The average molecular weight is 237 g/mol. The van der Waals surface area contributed by atoms with E-state index >= 15 is 0 Å². The summed E-state index contributed by atoms with van der Waals surface area (Å²) in [7, 11) is 0. The first-order chi connectivity index (χ1) is 7.11. The van der Waals surface area contributed by atoms with E-state index in [-0.39, 0.29) is 0 Å². The summed E-state index contributed by atoms with van der Waals surface area (Å²) < 4.78 is 4.17. The maximum absolute atomic E-state index is 9.59. The molecule has 2 unspecified atom stereocenters. The summed E-state index contributed by atoms with van der Waals surface area (Å²) in [5.74, 6) is 0.721. The largest absolute Gasteiger partial charge is 0.454 e. The zero-order valence-electron chi connectivity index (χ0n) is 9.46. The molecule has 1 fully saturated rings. The van der Waals surface area contributed by atoms with E-state index in [1.807, 2.05) is 0 Å². The van der Waals surface area contributed by atoms with Crippen LogP contribution in [0.2, 0.25) is 0 Å². The molecule has 2 atom stereocenters. The number of piperidine rings is 1. The monoisotopic (exact) mass is 236 g/mol. The highest BCUT2D eigenvalue weighted by Crippen LogP contribution is 2.11. The number of nitrogens with two attached hydrogens (primary N) is 1. The second kappa shape index (κ2) is 8.95. The van der Waals surface area contributed by atoms with Gasteiger partial charge in [-0.15, -0.1) is 0 Å². The van der Waals surface area contributed by atoms with Crippen molar-refractivity contribution in [3.05, 3.63) is 0 Å². The highest BCUT2D eigenvalue weighted by atomic mass is 35.5. The Labute approximate surface area is 96.5 Å². The molecule has 1 saturated heterocycles. The van der Waals surface area contributed by atoms with Crippen LogP contribution in [0.15, 0.2) is 0 Å². The molecule has 1 aliphatic rings. The van der Waals surface area contributed by atoms with Gasteiger partial charge in [-0.2, -0.15) is 0 Å². The van der Waals surface area contributed by atoms with E-state index in [0.29, 0.717) is 12.6 Å². The molecule has 1 heterocycles. The van der Waals surface area contributed by atoms with Crippen LogP contribution in [0, 0.1) is 5.92 Å². The van der Waals surface area contributed by atoms with E-state index in [0.717, 1.165) is 25.4 Å². The molecule has 1 rings (SSSR count). The lowest BCUT2D eigenvalue weighted by atomic mass is 9.92. The molecule has 15 heavy (non-hydrogen) atoms. The Morgan fingerprint density at radius 1 is 1.60 bits per heavy atom. The lowest BCUT2D eigenvalue weighted by Gasteiger charge is -2.28. The second-order valence-electron chi connectivity index (χ2n) is 3.50. The highest BCUT2D eigenvalue weighted by Gasteiger charge is 2.18. The van der Waals surface area contributed by atoms with Crippen molar-refractivity contribution in [2.75, 3.05) is 19.7 Å². The van der Waals surface area contributed by atoms with Gasteiger partial charge in [0.05, 0.1) is 6.61 Å². The lowest BCUT2D eigenvalue weighted by Crippen LogP contribution is -2.44. The molecule has 0 aromatic heterocycles. The third-order valence-electron chi connectivity index (χ3n) is 2.45. The van der Waals surface area contributed by atoms with E-state index in [1.165, 1.54) is 6.42 Å². The third kappa shape index (κ3) is 7.59. The quantitative estimate of drug-likeness (QED) is 0.717. The Morgan fingerprint density at radius 3 is 2.53 bits per heavy atom. The first-order valence-electron chi connectivity index (χ1n) is 5.40. The van der Waals surface area contributed by atoms with Crippen molar-refractivity contribution >= 4 is 17.0 Å². The van der Waals surface area contributed by atoms with Crippen LogP contribution in [0.4, 0.5) is 4.79 Å². The number of nitrogens with one attached hydrogen (secondary N) is 1. The van der Waals surface area contributed by atoms with Crippen molar-refractivity contribution in [2.24, 2.45) is 11.7 Å². The van der Waals surface area contributed by atoms with Crippen LogP contribution < -0.4 is 11.1 Å². The average Bonchev–Trinajstić information content (AvgIpc) is 2.19. The molecule has 0 aromatic carbocycles. The molecular weight excluding hydrogens is 216 g/mol. The molecule has 3 N–H and O–H groups in total. The van der Waals surface area contributed by atoms with Gasteiger partial charge in [-0.05, 0) is 32.4 Å². The van der Waals surface area contributed by atoms with Gasteiger partial charge in [0, 0.05) is 17.6 Å². The number of hydrogen-bond donors (Lipinski definition) is 2. The van der Waals surface area contributed by atoms with Gasteiger partial charge in [0.25, 0.3) is 0 Å². The number of carbonyl (C=O) groups excluding carboxylic acids is 1. The van der Waals surface area contributed by atoms with E-state index in [9.17, 15) is 4.79 Å². The minimum Gasteiger partial charge on any atom is -0.454 e. The Hall–Kier alpha value is -0.320. The molecule has 5 heteroatoms. The number of ether oxygens (including phenoxy) is 1. The van der Waals surface area contributed by atoms with Gasteiger partial charge < -0.3 is 15.8 Å². The number of halogens is 1. The van der Waals surface area contributed by atoms with Crippen LogP contribution in [0.1, 0.15) is 26.7 Å². The van der Waals surface area contributed by atoms with Crippen molar-refractivity contribution in [3.63, 3.8) is 0 Å². The van der Waals surface area contributed by atoms with Crippen LogP contribution in [-0.4, -0.2) is 31.2 Å². The van der Waals surface area contributed by atoms with Gasteiger partial charge in [0.1, 0.15) is 0 Å². The number of hydrogen-bond acceptors (Lipinski definition) is 4. The van der Waals surface area contributed by atoms with Crippen LogP contribution in [0.25, 0.3) is 0 Å². The summed E-state index contributed by atoms with van der Waals surface area (Å²) in [6.07, 6.45) is 2.37. The van der Waals surface area contributed by atoms with Crippen LogP contribution in [0.5, 0.6) is 0 Å². The van der Waals surface area contributed by atoms with Crippen LogP contribution >= 0.6 is 11.6 Å². The highest BCUT2D eigenvalue weighted by molar-refractivity contribution is 6.61.